The van der Waals surface area contributed by atoms with Crippen molar-refractivity contribution < 1.29 is 14.6 Å². The van der Waals surface area contributed by atoms with E-state index in [1.807, 2.05) is 26.0 Å². The van der Waals surface area contributed by atoms with Gasteiger partial charge in [0.05, 0.1) is 0 Å². The van der Waals surface area contributed by atoms with Gasteiger partial charge < -0.3 is 14.6 Å². The molecule has 1 N–H and O–H groups in total. The van der Waals surface area contributed by atoms with Crippen molar-refractivity contribution in [3.8, 4) is 5.75 Å². The number of phenolic OH excluding ortho intramolecular Hbond substituents is 1. The maximum Gasteiger partial charge on any atom is 0.172 e. The molecular weight excluding hydrogens is 300 g/mol. The lowest BCUT2D eigenvalue weighted by Gasteiger charge is -2.33. The molecule has 0 bridgehead atoms. The Labute approximate surface area is 148 Å². The smallest absolute Gasteiger partial charge is 0.172 e. The number of phenols is 1. The van der Waals surface area contributed by atoms with Gasteiger partial charge in [0.2, 0.25) is 0 Å². The van der Waals surface area contributed by atoms with Crippen molar-refractivity contribution in [3.63, 3.8) is 0 Å². The molecule has 1 rings (SSSR count). The van der Waals surface area contributed by atoms with Crippen LogP contribution in [0.4, 0.5) is 0 Å². The predicted octanol–water partition coefficient (Wildman–Crippen LogP) is 5.84. The van der Waals surface area contributed by atoms with Crippen molar-refractivity contribution in [2.24, 2.45) is 0 Å². The number of hydrogen-bond donors (Lipinski definition) is 1. The van der Waals surface area contributed by atoms with E-state index in [2.05, 4.69) is 6.92 Å². The highest BCUT2D eigenvalue weighted by Gasteiger charge is 2.31. The molecule has 0 unspecified atom stereocenters. The van der Waals surface area contributed by atoms with Gasteiger partial charge in [-0.25, -0.2) is 0 Å². The van der Waals surface area contributed by atoms with Gasteiger partial charge in [0.25, 0.3) is 0 Å². The summed E-state index contributed by atoms with van der Waals surface area (Å²) in [4.78, 5) is 0. The summed E-state index contributed by atoms with van der Waals surface area (Å²) in [5.41, 5.74) is 1.14. The fourth-order valence-corrected chi connectivity index (χ4v) is 3.18. The van der Waals surface area contributed by atoms with Crippen LogP contribution in [0.2, 0.25) is 0 Å². The molecule has 0 aliphatic heterocycles. The highest BCUT2D eigenvalue weighted by molar-refractivity contribution is 5.26. The Morgan fingerprint density at radius 1 is 0.792 bits per heavy atom. The SMILES string of the molecule is CCCCCCCCCC(Cc1ccc(O)cc1)(OCC)OCC. The molecule has 0 saturated carbocycles. The average molecular weight is 337 g/mol. The highest BCUT2D eigenvalue weighted by Crippen LogP contribution is 2.27. The summed E-state index contributed by atoms with van der Waals surface area (Å²) in [6.45, 7) is 7.59. The predicted molar refractivity (Wildman–Crippen MR) is 100 cm³/mol. The maximum absolute atomic E-state index is 9.46. The Hall–Kier alpha value is -1.06. The average Bonchev–Trinajstić information content (AvgIpc) is 2.57. The quantitative estimate of drug-likeness (QED) is 0.342. The Kier molecular flexibility index (Phi) is 10.8. The Morgan fingerprint density at radius 2 is 1.33 bits per heavy atom. The standard InChI is InChI=1S/C21H36O3/c1-4-7-8-9-10-11-12-17-21(23-5-2,24-6-3)18-19-13-15-20(22)16-14-19/h13-16,22H,4-12,17-18H2,1-3H3. The number of unbranched alkanes of at least 4 members (excludes halogenated alkanes) is 6. The zero-order valence-corrected chi connectivity index (χ0v) is 15.9. The minimum atomic E-state index is -0.538. The summed E-state index contributed by atoms with van der Waals surface area (Å²) in [6.07, 6.45) is 10.6. The second kappa shape index (κ2) is 12.3. The van der Waals surface area contributed by atoms with Crippen LogP contribution in [0.5, 0.6) is 5.75 Å². The monoisotopic (exact) mass is 336 g/mol. The van der Waals surface area contributed by atoms with Crippen molar-refractivity contribution in [2.75, 3.05) is 13.2 Å². The van der Waals surface area contributed by atoms with Crippen LogP contribution in [0.25, 0.3) is 0 Å². The van der Waals surface area contributed by atoms with Crippen molar-refractivity contribution in [3.05, 3.63) is 29.8 Å². The number of benzene rings is 1. The van der Waals surface area contributed by atoms with E-state index >= 15 is 0 Å². The minimum absolute atomic E-state index is 0.296. The molecule has 0 aliphatic rings. The van der Waals surface area contributed by atoms with E-state index in [-0.39, 0.29) is 0 Å². The second-order valence-corrected chi connectivity index (χ2v) is 6.49. The van der Waals surface area contributed by atoms with Crippen LogP contribution in [0, 0.1) is 0 Å². The summed E-state index contributed by atoms with van der Waals surface area (Å²) in [5.74, 6) is -0.242. The lowest BCUT2D eigenvalue weighted by Crippen LogP contribution is -2.38. The molecular formula is C21H36O3. The third-order valence-corrected chi connectivity index (χ3v) is 4.39. The molecule has 0 aliphatic carbocycles. The summed E-state index contributed by atoms with van der Waals surface area (Å²) >= 11 is 0. The van der Waals surface area contributed by atoms with E-state index in [1.165, 1.54) is 38.5 Å². The summed E-state index contributed by atoms with van der Waals surface area (Å²) in [7, 11) is 0. The molecule has 0 heterocycles. The van der Waals surface area contributed by atoms with E-state index < -0.39 is 5.79 Å². The van der Waals surface area contributed by atoms with Gasteiger partial charge in [-0.15, -0.1) is 0 Å². The first kappa shape index (κ1) is 21.0. The Morgan fingerprint density at radius 3 is 1.88 bits per heavy atom. The largest absolute Gasteiger partial charge is 0.508 e. The van der Waals surface area contributed by atoms with Crippen LogP contribution in [0.3, 0.4) is 0 Å². The van der Waals surface area contributed by atoms with Crippen LogP contribution >= 0.6 is 0 Å². The van der Waals surface area contributed by atoms with E-state index in [0.29, 0.717) is 19.0 Å². The first-order valence-electron chi connectivity index (χ1n) is 9.71. The molecule has 0 spiro atoms. The van der Waals surface area contributed by atoms with Crippen LogP contribution in [-0.2, 0) is 15.9 Å². The van der Waals surface area contributed by atoms with E-state index in [4.69, 9.17) is 9.47 Å². The zero-order chi connectivity index (χ0) is 17.7. The molecule has 0 amide bonds. The highest BCUT2D eigenvalue weighted by atomic mass is 16.7. The van der Waals surface area contributed by atoms with Crippen LogP contribution in [0.15, 0.2) is 24.3 Å². The van der Waals surface area contributed by atoms with Crippen LogP contribution in [0.1, 0.15) is 77.7 Å². The van der Waals surface area contributed by atoms with Crippen molar-refractivity contribution >= 4 is 0 Å². The first-order chi connectivity index (χ1) is 11.7. The number of aromatic hydroxyl groups is 1. The third-order valence-electron chi connectivity index (χ3n) is 4.39. The second-order valence-electron chi connectivity index (χ2n) is 6.49. The molecule has 3 heteroatoms. The lowest BCUT2D eigenvalue weighted by molar-refractivity contribution is -0.236. The molecule has 0 fully saturated rings. The van der Waals surface area contributed by atoms with Gasteiger partial charge in [0.15, 0.2) is 5.79 Å². The lowest BCUT2D eigenvalue weighted by atomic mass is 9.98. The molecule has 138 valence electrons. The molecule has 0 atom stereocenters. The van der Waals surface area contributed by atoms with Gasteiger partial charge in [-0.05, 0) is 38.0 Å². The molecule has 0 aromatic heterocycles. The summed E-state index contributed by atoms with van der Waals surface area (Å²) in [6, 6.07) is 7.36. The van der Waals surface area contributed by atoms with Gasteiger partial charge >= 0.3 is 0 Å². The fraction of sp³-hybridized carbons (Fsp3) is 0.714. The van der Waals surface area contributed by atoms with Crippen LogP contribution in [-0.4, -0.2) is 24.1 Å². The molecule has 0 saturated heterocycles. The molecule has 1 aromatic rings. The fourth-order valence-electron chi connectivity index (χ4n) is 3.18. The normalized spacial score (nSPS) is 11.8. The van der Waals surface area contributed by atoms with Gasteiger partial charge in [-0.1, -0.05) is 57.6 Å². The number of hydrogen-bond acceptors (Lipinski definition) is 3. The van der Waals surface area contributed by atoms with Crippen molar-refractivity contribution in [1.82, 2.24) is 0 Å². The van der Waals surface area contributed by atoms with Crippen LogP contribution < -0.4 is 0 Å². The molecule has 1 aromatic carbocycles. The van der Waals surface area contributed by atoms with E-state index in [1.54, 1.807) is 12.1 Å². The number of ether oxygens (including phenoxy) is 2. The maximum atomic E-state index is 9.46. The summed E-state index contributed by atoms with van der Waals surface area (Å²) in [5, 5.41) is 9.46. The van der Waals surface area contributed by atoms with Gasteiger partial charge in [0, 0.05) is 26.1 Å². The summed E-state index contributed by atoms with van der Waals surface area (Å²) < 4.78 is 12.1. The van der Waals surface area contributed by atoms with Crippen molar-refractivity contribution in [1.29, 1.82) is 0 Å². The zero-order valence-electron chi connectivity index (χ0n) is 15.9. The van der Waals surface area contributed by atoms with Crippen molar-refractivity contribution in [2.45, 2.75) is 84.3 Å². The Bertz CT molecular complexity index is 408. The topological polar surface area (TPSA) is 38.7 Å². The molecule has 3 nitrogen and oxygen atoms in total. The third kappa shape index (κ3) is 8.16. The number of rotatable bonds is 14. The first-order valence-corrected chi connectivity index (χ1v) is 9.71. The van der Waals surface area contributed by atoms with E-state index in [9.17, 15) is 5.11 Å². The van der Waals surface area contributed by atoms with Gasteiger partial charge in [0.1, 0.15) is 5.75 Å². The van der Waals surface area contributed by atoms with Gasteiger partial charge in [-0.2, -0.15) is 0 Å². The van der Waals surface area contributed by atoms with Gasteiger partial charge in [-0.3, -0.25) is 0 Å². The molecule has 24 heavy (non-hydrogen) atoms. The minimum Gasteiger partial charge on any atom is -0.508 e. The Balaban J connectivity index is 2.55. The molecule has 0 radical (unpaired) electrons. The van der Waals surface area contributed by atoms with E-state index in [0.717, 1.165) is 24.8 Å².